The number of pyridine rings is 1. The summed E-state index contributed by atoms with van der Waals surface area (Å²) in [6.45, 7) is -0.117. The summed E-state index contributed by atoms with van der Waals surface area (Å²) in [7, 11) is 0. The lowest BCUT2D eigenvalue weighted by atomic mass is 10.2. The zero-order chi connectivity index (χ0) is 13.1. The highest BCUT2D eigenvalue weighted by molar-refractivity contribution is 5.53. The molecule has 0 amide bonds. The Bertz CT molecular complexity index is 680. The van der Waals surface area contributed by atoms with Gasteiger partial charge in [-0.2, -0.15) is 0 Å². The lowest BCUT2D eigenvalue weighted by Gasteiger charge is -1.99. The van der Waals surface area contributed by atoms with Crippen LogP contribution in [0.4, 0.5) is 0 Å². The van der Waals surface area contributed by atoms with E-state index >= 15 is 0 Å². The molecule has 0 aliphatic heterocycles. The third kappa shape index (κ3) is 2.34. The first-order valence-corrected chi connectivity index (χ1v) is 5.79. The second kappa shape index (κ2) is 4.95. The van der Waals surface area contributed by atoms with Crippen molar-refractivity contribution in [3.63, 3.8) is 0 Å². The number of aliphatic hydroxyl groups is 1. The Morgan fingerprint density at radius 3 is 2.63 bits per heavy atom. The molecule has 2 heterocycles. The molecule has 0 aliphatic rings. The summed E-state index contributed by atoms with van der Waals surface area (Å²) < 4.78 is 0. The molecule has 6 nitrogen and oxygen atoms in total. The summed E-state index contributed by atoms with van der Waals surface area (Å²) in [4.78, 5) is 5.57. The highest BCUT2D eigenvalue weighted by Gasteiger charge is 2.07. The number of hydrogen-bond acceptors (Lipinski definition) is 5. The summed E-state index contributed by atoms with van der Waals surface area (Å²) in [5, 5.41) is 21.3. The molecular formula is C13H11N5O. The molecule has 19 heavy (non-hydrogen) atoms. The highest BCUT2D eigenvalue weighted by Crippen LogP contribution is 2.13. The minimum Gasteiger partial charge on any atom is -0.390 e. The molecule has 3 aromatic rings. The third-order valence-electron chi connectivity index (χ3n) is 2.60. The first kappa shape index (κ1) is 11.5. The van der Waals surface area contributed by atoms with Crippen molar-refractivity contribution >= 4 is 0 Å². The van der Waals surface area contributed by atoms with Crippen molar-refractivity contribution in [1.29, 1.82) is 0 Å². The monoisotopic (exact) mass is 253 g/mol. The quantitative estimate of drug-likeness (QED) is 0.759. The van der Waals surface area contributed by atoms with E-state index in [-0.39, 0.29) is 6.61 Å². The van der Waals surface area contributed by atoms with Crippen molar-refractivity contribution in [3.05, 3.63) is 54.2 Å². The maximum absolute atomic E-state index is 9.06. The Morgan fingerprint density at radius 2 is 1.84 bits per heavy atom. The van der Waals surface area contributed by atoms with Gasteiger partial charge in [-0.1, -0.05) is 36.4 Å². The second-order valence-electron chi connectivity index (χ2n) is 3.91. The molecule has 1 aromatic carbocycles. The molecule has 0 aliphatic carbocycles. The molecule has 0 spiro atoms. The van der Waals surface area contributed by atoms with Crippen LogP contribution in [0.25, 0.3) is 17.2 Å². The fraction of sp³-hybridized carbons (Fsp3) is 0.0769. The molecule has 0 saturated carbocycles. The van der Waals surface area contributed by atoms with Gasteiger partial charge in [0.2, 0.25) is 5.82 Å². The van der Waals surface area contributed by atoms with E-state index in [4.69, 9.17) is 5.11 Å². The number of rotatable bonds is 3. The van der Waals surface area contributed by atoms with E-state index in [1.54, 1.807) is 18.2 Å². The number of nitrogens with zero attached hydrogens (tertiary/aromatic N) is 5. The highest BCUT2D eigenvalue weighted by atomic mass is 16.3. The molecule has 94 valence electrons. The van der Waals surface area contributed by atoms with Gasteiger partial charge in [-0.15, -0.1) is 15.0 Å². The third-order valence-corrected chi connectivity index (χ3v) is 2.60. The van der Waals surface area contributed by atoms with Gasteiger partial charge in [0.05, 0.1) is 12.3 Å². The summed E-state index contributed by atoms with van der Waals surface area (Å²) in [5.74, 6) is 1.07. The van der Waals surface area contributed by atoms with Crippen LogP contribution in [0.15, 0.2) is 48.5 Å². The van der Waals surface area contributed by atoms with Crippen LogP contribution in [-0.4, -0.2) is 30.3 Å². The van der Waals surface area contributed by atoms with E-state index in [2.05, 4.69) is 20.4 Å². The molecule has 0 unspecified atom stereocenters. The number of aromatic nitrogens is 5. The topological polar surface area (TPSA) is 76.7 Å². The summed E-state index contributed by atoms with van der Waals surface area (Å²) in [6.07, 6.45) is 0. The van der Waals surface area contributed by atoms with Crippen LogP contribution in [0, 0.1) is 0 Å². The Kier molecular flexibility index (Phi) is 2.99. The molecule has 3 rings (SSSR count). The molecule has 0 fully saturated rings. The van der Waals surface area contributed by atoms with Gasteiger partial charge in [-0.3, -0.25) is 0 Å². The van der Waals surface area contributed by atoms with Gasteiger partial charge < -0.3 is 5.11 Å². The predicted octanol–water partition coefficient (Wildman–Crippen LogP) is 1.22. The molecule has 2 aromatic heterocycles. The Labute approximate surface area is 109 Å². The van der Waals surface area contributed by atoms with Crippen LogP contribution in [-0.2, 0) is 6.61 Å². The Balaban J connectivity index is 1.97. The Hall–Kier alpha value is -2.60. The lowest BCUT2D eigenvalue weighted by Crippen LogP contribution is -2.03. The van der Waals surface area contributed by atoms with Gasteiger partial charge in [-0.05, 0) is 17.3 Å². The normalized spacial score (nSPS) is 10.6. The number of hydrogen-bond donors (Lipinski definition) is 1. The van der Waals surface area contributed by atoms with Gasteiger partial charge in [-0.25, -0.2) is 4.98 Å². The minimum atomic E-state index is -0.117. The van der Waals surface area contributed by atoms with E-state index in [9.17, 15) is 0 Å². The fourth-order valence-electron chi connectivity index (χ4n) is 1.68. The SMILES string of the molecule is OCc1cccc(-n2nnc(-c3ccccc3)n2)n1. The molecule has 0 atom stereocenters. The minimum absolute atomic E-state index is 0.117. The molecule has 6 heteroatoms. The van der Waals surface area contributed by atoms with Crippen LogP contribution in [0.3, 0.4) is 0 Å². The lowest BCUT2D eigenvalue weighted by molar-refractivity contribution is 0.276. The van der Waals surface area contributed by atoms with Crippen LogP contribution in [0.5, 0.6) is 0 Å². The first-order chi connectivity index (χ1) is 9.36. The Morgan fingerprint density at radius 1 is 1.00 bits per heavy atom. The number of tetrazole rings is 1. The molecule has 0 radical (unpaired) electrons. The van der Waals surface area contributed by atoms with E-state index in [1.807, 2.05) is 30.3 Å². The largest absolute Gasteiger partial charge is 0.390 e. The average molecular weight is 253 g/mol. The van der Waals surface area contributed by atoms with Crippen LogP contribution < -0.4 is 0 Å². The van der Waals surface area contributed by atoms with Crippen molar-refractivity contribution in [1.82, 2.24) is 25.2 Å². The molecular weight excluding hydrogens is 242 g/mol. The van der Waals surface area contributed by atoms with E-state index in [0.717, 1.165) is 5.56 Å². The fourth-order valence-corrected chi connectivity index (χ4v) is 1.68. The number of aliphatic hydroxyl groups excluding tert-OH is 1. The predicted molar refractivity (Wildman–Crippen MR) is 68.3 cm³/mol. The summed E-state index contributed by atoms with van der Waals surface area (Å²) >= 11 is 0. The van der Waals surface area contributed by atoms with Crippen LogP contribution >= 0.6 is 0 Å². The maximum atomic E-state index is 9.06. The van der Waals surface area contributed by atoms with E-state index < -0.39 is 0 Å². The van der Waals surface area contributed by atoms with Crippen molar-refractivity contribution < 1.29 is 5.11 Å². The number of benzene rings is 1. The van der Waals surface area contributed by atoms with Gasteiger partial charge in [0.25, 0.3) is 0 Å². The van der Waals surface area contributed by atoms with Crippen LogP contribution in [0.2, 0.25) is 0 Å². The second-order valence-corrected chi connectivity index (χ2v) is 3.91. The molecule has 1 N–H and O–H groups in total. The van der Waals surface area contributed by atoms with Crippen molar-refractivity contribution in [2.24, 2.45) is 0 Å². The van der Waals surface area contributed by atoms with Gasteiger partial charge in [0.1, 0.15) is 0 Å². The zero-order valence-electron chi connectivity index (χ0n) is 10.0. The molecule has 0 bridgehead atoms. The molecule has 0 saturated heterocycles. The van der Waals surface area contributed by atoms with Gasteiger partial charge in [0.15, 0.2) is 5.82 Å². The maximum Gasteiger partial charge on any atom is 0.205 e. The standard InChI is InChI=1S/C13H11N5O/c19-9-11-7-4-8-12(14-11)18-16-13(15-17-18)10-5-2-1-3-6-10/h1-8,19H,9H2. The van der Waals surface area contributed by atoms with Crippen LogP contribution in [0.1, 0.15) is 5.69 Å². The van der Waals surface area contributed by atoms with E-state index in [1.165, 1.54) is 4.80 Å². The van der Waals surface area contributed by atoms with Crippen molar-refractivity contribution in [3.8, 4) is 17.2 Å². The van der Waals surface area contributed by atoms with Gasteiger partial charge >= 0.3 is 0 Å². The summed E-state index contributed by atoms with van der Waals surface area (Å²) in [5.41, 5.74) is 1.46. The summed E-state index contributed by atoms with van der Waals surface area (Å²) in [6, 6.07) is 14.9. The first-order valence-electron chi connectivity index (χ1n) is 5.79. The average Bonchev–Trinajstić information content (AvgIpc) is 2.98. The smallest absolute Gasteiger partial charge is 0.205 e. The van der Waals surface area contributed by atoms with Crippen molar-refractivity contribution in [2.75, 3.05) is 0 Å². The van der Waals surface area contributed by atoms with Crippen molar-refractivity contribution in [2.45, 2.75) is 6.61 Å². The zero-order valence-corrected chi connectivity index (χ0v) is 10.0. The van der Waals surface area contributed by atoms with Gasteiger partial charge in [0, 0.05) is 5.56 Å². The van der Waals surface area contributed by atoms with E-state index in [0.29, 0.717) is 17.3 Å².